The molecule has 0 atom stereocenters. The molecule has 0 bridgehead atoms. The highest BCUT2D eigenvalue weighted by Crippen LogP contribution is 2.47. The van der Waals surface area contributed by atoms with Gasteiger partial charge in [0.15, 0.2) is 0 Å². The van der Waals surface area contributed by atoms with Crippen molar-refractivity contribution in [3.05, 3.63) is 0 Å². The minimum atomic E-state index is 0.705. The van der Waals surface area contributed by atoms with Gasteiger partial charge in [-0.15, -0.1) is 35.3 Å². The predicted octanol–water partition coefficient (Wildman–Crippen LogP) is 7.83. The zero-order chi connectivity index (χ0) is 17.2. The van der Waals surface area contributed by atoms with E-state index in [0.29, 0.717) is 3.91 Å². The molecule has 12 heteroatoms. The summed E-state index contributed by atoms with van der Waals surface area (Å²) in [5, 5.41) is 6.50. The molecule has 3 saturated heterocycles. The van der Waals surface area contributed by atoms with Gasteiger partial charge < -0.3 is 0 Å². The standard InChI is InChI=1S/C13H22S12/c1-10(2-14-1)23-20-7-17-13(18-8-21-24-11-3-15-4-11)19-9-22-25-12-5-16-6-12/h10-13H,1-9H2. The summed E-state index contributed by atoms with van der Waals surface area (Å²) in [6, 6.07) is 0. The van der Waals surface area contributed by atoms with Crippen LogP contribution < -0.4 is 0 Å². The van der Waals surface area contributed by atoms with E-state index >= 15 is 0 Å². The average molecular weight is 563 g/mol. The molecular weight excluding hydrogens is 541 g/mol. The first-order valence-electron chi connectivity index (χ1n) is 7.83. The van der Waals surface area contributed by atoms with Crippen molar-refractivity contribution < 1.29 is 0 Å². The Kier molecular flexibility index (Phi) is 14.4. The molecule has 3 aliphatic heterocycles. The predicted molar refractivity (Wildman–Crippen MR) is 150 cm³/mol. The highest BCUT2D eigenvalue weighted by molar-refractivity contribution is 8.80. The van der Waals surface area contributed by atoms with Crippen LogP contribution >= 0.6 is 135 Å². The lowest BCUT2D eigenvalue weighted by Gasteiger charge is -2.24. The summed E-state index contributed by atoms with van der Waals surface area (Å²) in [6.07, 6.45) is 0. The lowest BCUT2D eigenvalue weighted by Crippen LogP contribution is -2.19. The summed E-state index contributed by atoms with van der Waals surface area (Å²) in [7, 11) is 12.6. The van der Waals surface area contributed by atoms with Crippen LogP contribution in [0.3, 0.4) is 0 Å². The molecule has 0 saturated carbocycles. The van der Waals surface area contributed by atoms with E-state index in [2.05, 4.69) is 135 Å². The maximum absolute atomic E-state index is 2.16. The van der Waals surface area contributed by atoms with Gasteiger partial charge in [0.05, 0.1) is 19.2 Å². The van der Waals surface area contributed by atoms with Gasteiger partial charge in [-0.05, 0) is 0 Å². The van der Waals surface area contributed by atoms with Crippen LogP contribution in [0.15, 0.2) is 0 Å². The van der Waals surface area contributed by atoms with Gasteiger partial charge in [0.25, 0.3) is 0 Å². The lowest BCUT2D eigenvalue weighted by atomic mass is 10.5. The van der Waals surface area contributed by atoms with Gasteiger partial charge in [-0.2, -0.15) is 35.3 Å². The zero-order valence-corrected chi connectivity index (χ0v) is 23.4. The van der Waals surface area contributed by atoms with E-state index in [0.717, 1.165) is 15.7 Å². The van der Waals surface area contributed by atoms with Crippen molar-refractivity contribution in [2.24, 2.45) is 0 Å². The largest absolute Gasteiger partial charge is 0.160 e. The quantitative estimate of drug-likeness (QED) is 0.108. The minimum Gasteiger partial charge on any atom is -0.160 e. The third-order valence-corrected chi connectivity index (χ3v) is 22.8. The van der Waals surface area contributed by atoms with Gasteiger partial charge in [-0.25, -0.2) is 0 Å². The Labute approximate surface area is 202 Å². The molecule has 0 radical (unpaired) electrons. The molecule has 0 unspecified atom stereocenters. The van der Waals surface area contributed by atoms with E-state index in [9.17, 15) is 0 Å². The second-order valence-electron chi connectivity index (χ2n) is 5.26. The molecule has 0 aromatic heterocycles. The number of hydrogen-bond donors (Lipinski definition) is 0. The molecule has 146 valence electrons. The third kappa shape index (κ3) is 10.4. The van der Waals surface area contributed by atoms with E-state index in [1.54, 1.807) is 0 Å². The highest BCUT2D eigenvalue weighted by atomic mass is 33.1. The maximum Gasteiger partial charge on any atom is 0.0981 e. The molecule has 3 heterocycles. The fraction of sp³-hybridized carbons (Fsp3) is 1.00. The van der Waals surface area contributed by atoms with Gasteiger partial charge in [0.1, 0.15) is 0 Å². The van der Waals surface area contributed by atoms with Crippen LogP contribution in [0.1, 0.15) is 0 Å². The first-order chi connectivity index (χ1) is 12.4. The van der Waals surface area contributed by atoms with E-state index in [1.807, 2.05) is 0 Å². The molecule has 0 aliphatic carbocycles. The SMILES string of the molecule is C(SSC1CSC1)SC(SCSSC1CSC1)SCSSC1CSC1. The maximum atomic E-state index is 2.16. The van der Waals surface area contributed by atoms with Gasteiger partial charge >= 0.3 is 0 Å². The normalized spacial score (nSPS) is 22.0. The van der Waals surface area contributed by atoms with E-state index in [1.165, 1.54) is 49.8 Å². The Bertz CT molecular complexity index is 294. The fourth-order valence-electron chi connectivity index (χ4n) is 1.58. The number of hydrogen-bond acceptors (Lipinski definition) is 12. The van der Waals surface area contributed by atoms with Crippen LogP contribution in [0.2, 0.25) is 0 Å². The Hall–Kier alpha value is 4.20. The summed E-state index contributed by atoms with van der Waals surface area (Å²) >= 11 is 12.8. The zero-order valence-electron chi connectivity index (χ0n) is 13.6. The van der Waals surface area contributed by atoms with Crippen molar-refractivity contribution in [2.75, 3.05) is 49.8 Å². The highest BCUT2D eigenvalue weighted by Gasteiger charge is 2.21. The summed E-state index contributed by atoms with van der Waals surface area (Å²) in [5.41, 5.74) is 0. The Morgan fingerprint density at radius 1 is 0.560 bits per heavy atom. The molecule has 3 rings (SSSR count). The van der Waals surface area contributed by atoms with Gasteiger partial charge in [-0.1, -0.05) is 64.8 Å². The second-order valence-corrected chi connectivity index (χ2v) is 21.8. The van der Waals surface area contributed by atoms with Crippen LogP contribution in [0, 0.1) is 0 Å². The molecule has 0 spiro atoms. The average Bonchev–Trinajstić information content (AvgIpc) is 2.48. The summed E-state index contributed by atoms with van der Waals surface area (Å²) in [4.78, 5) is 0. The van der Waals surface area contributed by atoms with Crippen LogP contribution in [0.4, 0.5) is 0 Å². The molecule has 3 aliphatic rings. The van der Waals surface area contributed by atoms with E-state index in [4.69, 9.17) is 0 Å². The molecule has 25 heavy (non-hydrogen) atoms. The van der Waals surface area contributed by atoms with Crippen molar-refractivity contribution in [1.82, 2.24) is 0 Å². The molecule has 3 fully saturated rings. The summed E-state index contributed by atoms with van der Waals surface area (Å²) < 4.78 is 0.705. The number of thioether (sulfide) groups is 6. The minimum absolute atomic E-state index is 0.705. The topological polar surface area (TPSA) is 0 Å². The molecule has 0 aromatic rings. The van der Waals surface area contributed by atoms with Gasteiger partial charge in [0.2, 0.25) is 0 Å². The first-order valence-corrected chi connectivity index (χ1v) is 21.6. The van der Waals surface area contributed by atoms with Crippen LogP contribution in [-0.4, -0.2) is 69.4 Å². The van der Waals surface area contributed by atoms with Crippen molar-refractivity contribution in [1.29, 1.82) is 0 Å². The van der Waals surface area contributed by atoms with Gasteiger partial charge in [-0.3, -0.25) is 0 Å². The second kappa shape index (κ2) is 15.1. The molecule has 0 nitrogen and oxygen atoms in total. The molecule has 0 N–H and O–H groups in total. The summed E-state index contributed by atoms with van der Waals surface area (Å²) in [6.45, 7) is 0. The smallest absolute Gasteiger partial charge is 0.0981 e. The monoisotopic (exact) mass is 562 g/mol. The third-order valence-electron chi connectivity index (χ3n) is 3.19. The molecule has 0 aromatic carbocycles. The molecule has 0 amide bonds. The van der Waals surface area contributed by atoms with E-state index < -0.39 is 0 Å². The van der Waals surface area contributed by atoms with E-state index in [-0.39, 0.29) is 0 Å². The van der Waals surface area contributed by atoms with Crippen molar-refractivity contribution in [3.8, 4) is 0 Å². The van der Waals surface area contributed by atoms with Crippen molar-refractivity contribution in [3.63, 3.8) is 0 Å². The van der Waals surface area contributed by atoms with Crippen molar-refractivity contribution >= 4 is 135 Å². The Morgan fingerprint density at radius 2 is 0.880 bits per heavy atom. The Balaban J connectivity index is 1.23. The first kappa shape index (κ1) is 23.9. The lowest BCUT2D eigenvalue weighted by molar-refractivity contribution is 1.09. The fourth-order valence-corrected chi connectivity index (χ4v) is 21.1. The van der Waals surface area contributed by atoms with Crippen LogP contribution in [0.25, 0.3) is 0 Å². The van der Waals surface area contributed by atoms with Crippen molar-refractivity contribution in [2.45, 2.75) is 19.7 Å². The van der Waals surface area contributed by atoms with Crippen LogP contribution in [0.5, 0.6) is 0 Å². The Morgan fingerprint density at radius 3 is 1.12 bits per heavy atom. The van der Waals surface area contributed by atoms with Gasteiger partial charge in [0, 0.05) is 50.3 Å². The number of rotatable bonds is 15. The van der Waals surface area contributed by atoms with Crippen LogP contribution in [-0.2, 0) is 0 Å². The molecular formula is C13H22S12. The summed E-state index contributed by atoms with van der Waals surface area (Å²) in [5.74, 6) is 8.23.